The molecule has 0 unspecified atom stereocenters. The number of halogens is 3. The van der Waals surface area contributed by atoms with Crippen molar-refractivity contribution in [3.8, 4) is 0 Å². The quantitative estimate of drug-likeness (QED) is 0.778. The van der Waals surface area contributed by atoms with Gasteiger partial charge in [0.15, 0.2) is 5.78 Å². The first-order valence-corrected chi connectivity index (χ1v) is 6.08. The van der Waals surface area contributed by atoms with Crippen LogP contribution >= 0.6 is 15.9 Å². The van der Waals surface area contributed by atoms with Crippen molar-refractivity contribution in [1.82, 2.24) is 0 Å². The molecule has 0 N–H and O–H groups in total. The number of benzene rings is 2. The minimum absolute atomic E-state index is 0.0415. The first-order chi connectivity index (χ1) is 8.56. The van der Waals surface area contributed by atoms with Crippen molar-refractivity contribution in [3.05, 3.63) is 69.7 Å². The zero-order valence-electron chi connectivity index (χ0n) is 9.29. The van der Waals surface area contributed by atoms with Crippen LogP contribution in [-0.4, -0.2) is 5.78 Å². The second-order valence-electron chi connectivity index (χ2n) is 3.85. The Bertz CT molecular complexity index is 596. The van der Waals surface area contributed by atoms with Gasteiger partial charge in [0.25, 0.3) is 0 Å². The van der Waals surface area contributed by atoms with E-state index in [-0.39, 0.29) is 12.0 Å². The zero-order valence-corrected chi connectivity index (χ0v) is 10.9. The lowest BCUT2D eigenvalue weighted by Crippen LogP contribution is -2.06. The highest BCUT2D eigenvalue weighted by Gasteiger charge is 2.13. The van der Waals surface area contributed by atoms with Gasteiger partial charge in [-0.25, -0.2) is 8.78 Å². The number of carbonyl (C=O) groups is 1. The van der Waals surface area contributed by atoms with E-state index < -0.39 is 17.4 Å². The Morgan fingerprint density at radius 3 is 2.61 bits per heavy atom. The van der Waals surface area contributed by atoms with Crippen molar-refractivity contribution in [1.29, 1.82) is 0 Å². The molecule has 0 fully saturated rings. The fourth-order valence-corrected chi connectivity index (χ4v) is 2.09. The average molecular weight is 311 g/mol. The third-order valence-corrected chi connectivity index (χ3v) is 2.98. The van der Waals surface area contributed by atoms with Crippen LogP contribution in [0, 0.1) is 11.6 Å². The summed E-state index contributed by atoms with van der Waals surface area (Å²) in [5, 5.41) is 0. The largest absolute Gasteiger partial charge is 0.294 e. The molecule has 2 aromatic carbocycles. The van der Waals surface area contributed by atoms with E-state index in [1.165, 1.54) is 0 Å². The lowest BCUT2D eigenvalue weighted by molar-refractivity contribution is 0.0988. The fraction of sp³-hybridized carbons (Fsp3) is 0.0714. The summed E-state index contributed by atoms with van der Waals surface area (Å²) < 4.78 is 27.2. The molecule has 0 aliphatic heterocycles. The molecule has 0 spiro atoms. The van der Waals surface area contributed by atoms with Crippen LogP contribution in [0.3, 0.4) is 0 Å². The third kappa shape index (κ3) is 3.01. The summed E-state index contributed by atoms with van der Waals surface area (Å²) >= 11 is 3.29. The minimum atomic E-state index is -0.698. The predicted molar refractivity (Wildman–Crippen MR) is 68.5 cm³/mol. The normalized spacial score (nSPS) is 10.4. The first kappa shape index (κ1) is 12.9. The second kappa shape index (κ2) is 5.40. The summed E-state index contributed by atoms with van der Waals surface area (Å²) in [5.74, 6) is -1.75. The number of rotatable bonds is 3. The molecule has 2 rings (SSSR count). The van der Waals surface area contributed by atoms with Crippen LogP contribution in [0.2, 0.25) is 0 Å². The molecule has 0 atom stereocenters. The first-order valence-electron chi connectivity index (χ1n) is 5.29. The molecular weight excluding hydrogens is 302 g/mol. The second-order valence-corrected chi connectivity index (χ2v) is 4.77. The molecule has 0 saturated carbocycles. The lowest BCUT2D eigenvalue weighted by Gasteiger charge is -2.03. The third-order valence-electron chi connectivity index (χ3n) is 2.48. The summed E-state index contributed by atoms with van der Waals surface area (Å²) in [6, 6.07) is 10.0. The SMILES string of the molecule is O=C(Cc1cccc(Br)c1)c1cc(F)ccc1F. The Hall–Kier alpha value is -1.55. The molecule has 0 amide bonds. The van der Waals surface area contributed by atoms with Crippen LogP contribution in [0.15, 0.2) is 46.9 Å². The summed E-state index contributed by atoms with van der Waals surface area (Å²) in [4.78, 5) is 11.9. The zero-order chi connectivity index (χ0) is 13.1. The maximum Gasteiger partial charge on any atom is 0.170 e. The highest BCUT2D eigenvalue weighted by atomic mass is 79.9. The van der Waals surface area contributed by atoms with Crippen molar-refractivity contribution in [2.24, 2.45) is 0 Å². The standard InChI is InChI=1S/C14H9BrF2O/c15-10-3-1-2-9(6-10)7-14(18)12-8-11(16)4-5-13(12)17/h1-6,8H,7H2. The van der Waals surface area contributed by atoms with Gasteiger partial charge in [-0.05, 0) is 35.9 Å². The van der Waals surface area contributed by atoms with Crippen molar-refractivity contribution in [3.63, 3.8) is 0 Å². The van der Waals surface area contributed by atoms with Gasteiger partial charge >= 0.3 is 0 Å². The van der Waals surface area contributed by atoms with E-state index in [4.69, 9.17) is 0 Å². The number of carbonyl (C=O) groups excluding carboxylic acids is 1. The van der Waals surface area contributed by atoms with E-state index in [0.717, 1.165) is 28.2 Å². The maximum absolute atomic E-state index is 13.4. The van der Waals surface area contributed by atoms with Gasteiger partial charge < -0.3 is 0 Å². The van der Waals surface area contributed by atoms with E-state index in [1.807, 2.05) is 6.07 Å². The van der Waals surface area contributed by atoms with Crippen LogP contribution in [0.1, 0.15) is 15.9 Å². The highest BCUT2D eigenvalue weighted by molar-refractivity contribution is 9.10. The number of ketones is 1. The Kier molecular flexibility index (Phi) is 3.87. The summed E-state index contributed by atoms with van der Waals surface area (Å²) in [6.45, 7) is 0. The highest BCUT2D eigenvalue weighted by Crippen LogP contribution is 2.16. The Morgan fingerprint density at radius 1 is 1.11 bits per heavy atom. The van der Waals surface area contributed by atoms with Crippen LogP contribution in [0.25, 0.3) is 0 Å². The van der Waals surface area contributed by atoms with Gasteiger partial charge in [0, 0.05) is 10.9 Å². The average Bonchev–Trinajstić information content (AvgIpc) is 2.32. The summed E-state index contributed by atoms with van der Waals surface area (Å²) in [6.07, 6.45) is 0.0415. The molecule has 2 aromatic rings. The predicted octanol–water partition coefficient (Wildman–Crippen LogP) is 4.15. The van der Waals surface area contributed by atoms with Gasteiger partial charge in [-0.3, -0.25) is 4.79 Å². The molecular formula is C14H9BrF2O. The van der Waals surface area contributed by atoms with Crippen LogP contribution in [-0.2, 0) is 6.42 Å². The van der Waals surface area contributed by atoms with Gasteiger partial charge in [0.1, 0.15) is 11.6 Å². The van der Waals surface area contributed by atoms with E-state index in [0.29, 0.717) is 0 Å². The van der Waals surface area contributed by atoms with Gasteiger partial charge in [0.05, 0.1) is 5.56 Å². The molecule has 4 heteroatoms. The molecule has 0 heterocycles. The van der Waals surface area contributed by atoms with E-state index in [2.05, 4.69) is 15.9 Å². The van der Waals surface area contributed by atoms with Crippen molar-refractivity contribution < 1.29 is 13.6 Å². The molecule has 0 saturated heterocycles. The summed E-state index contributed by atoms with van der Waals surface area (Å²) in [7, 11) is 0. The molecule has 0 aliphatic rings. The van der Waals surface area contributed by atoms with Gasteiger partial charge in [0.2, 0.25) is 0 Å². The fourth-order valence-electron chi connectivity index (χ4n) is 1.64. The van der Waals surface area contributed by atoms with Crippen LogP contribution in [0.5, 0.6) is 0 Å². The van der Waals surface area contributed by atoms with Crippen molar-refractivity contribution in [2.75, 3.05) is 0 Å². The summed E-state index contributed by atoms with van der Waals surface area (Å²) in [5.41, 5.74) is 0.535. The molecule has 0 aliphatic carbocycles. The van der Waals surface area contributed by atoms with Crippen LogP contribution < -0.4 is 0 Å². The van der Waals surface area contributed by atoms with Gasteiger partial charge in [-0.15, -0.1) is 0 Å². The molecule has 18 heavy (non-hydrogen) atoms. The maximum atomic E-state index is 13.4. The molecule has 1 nitrogen and oxygen atoms in total. The van der Waals surface area contributed by atoms with Crippen LogP contribution in [0.4, 0.5) is 8.78 Å². The number of Topliss-reactive ketones (excluding diaryl/α,β-unsaturated/α-hetero) is 1. The Balaban J connectivity index is 2.24. The van der Waals surface area contributed by atoms with E-state index >= 15 is 0 Å². The topological polar surface area (TPSA) is 17.1 Å². The smallest absolute Gasteiger partial charge is 0.170 e. The van der Waals surface area contributed by atoms with Gasteiger partial charge in [-0.1, -0.05) is 28.1 Å². The van der Waals surface area contributed by atoms with Crippen molar-refractivity contribution >= 4 is 21.7 Å². The van der Waals surface area contributed by atoms with Crippen molar-refractivity contribution in [2.45, 2.75) is 6.42 Å². The molecule has 0 radical (unpaired) electrons. The molecule has 0 aromatic heterocycles. The molecule has 92 valence electrons. The molecule has 0 bridgehead atoms. The van der Waals surface area contributed by atoms with Gasteiger partial charge in [-0.2, -0.15) is 0 Å². The Labute approximate surface area is 112 Å². The number of hydrogen-bond acceptors (Lipinski definition) is 1. The number of hydrogen-bond donors (Lipinski definition) is 0. The minimum Gasteiger partial charge on any atom is -0.294 e. The lowest BCUT2D eigenvalue weighted by atomic mass is 10.0. The monoisotopic (exact) mass is 310 g/mol. The van der Waals surface area contributed by atoms with E-state index in [1.54, 1.807) is 18.2 Å². The Morgan fingerprint density at radius 2 is 1.89 bits per heavy atom. The van der Waals surface area contributed by atoms with E-state index in [9.17, 15) is 13.6 Å².